The van der Waals surface area contributed by atoms with Crippen LogP contribution in [0.5, 0.6) is 23.0 Å². The van der Waals surface area contributed by atoms with Crippen LogP contribution in [-0.2, 0) is 0 Å². The Hall–Kier alpha value is -2.47. The van der Waals surface area contributed by atoms with Gasteiger partial charge in [-0.25, -0.2) is 0 Å². The Morgan fingerprint density at radius 2 is 1.50 bits per heavy atom. The summed E-state index contributed by atoms with van der Waals surface area (Å²) in [5.41, 5.74) is 6.35. The molecule has 0 aromatic heterocycles. The van der Waals surface area contributed by atoms with Gasteiger partial charge in [-0.3, -0.25) is 0 Å². The Labute approximate surface area is 147 Å². The van der Waals surface area contributed by atoms with Crippen LogP contribution in [0.1, 0.15) is 12.5 Å². The summed E-state index contributed by atoms with van der Waals surface area (Å²) in [7, 11) is 1.57. The maximum Gasteiger partial charge on any atom is 0.161 e. The lowest BCUT2D eigenvalue weighted by Crippen LogP contribution is -2.12. The molecule has 0 amide bonds. The average molecular weight is 347 g/mol. The molecule has 0 aliphatic heterocycles. The summed E-state index contributed by atoms with van der Waals surface area (Å²) < 4.78 is 22.2. The van der Waals surface area contributed by atoms with Crippen molar-refractivity contribution in [3.63, 3.8) is 0 Å². The van der Waals surface area contributed by atoms with Gasteiger partial charge in [0.15, 0.2) is 23.0 Å². The zero-order valence-corrected chi connectivity index (χ0v) is 14.6. The number of para-hydroxylation sites is 2. The van der Waals surface area contributed by atoms with E-state index in [1.165, 1.54) is 0 Å². The first kappa shape index (κ1) is 17.9. The molecule has 0 bridgehead atoms. The molecule has 0 aliphatic carbocycles. The molecule has 0 unspecified atom stereocenters. The van der Waals surface area contributed by atoms with Crippen molar-refractivity contribution < 1.29 is 18.9 Å². The maximum absolute atomic E-state index is 5.72. The van der Waals surface area contributed by atoms with Crippen molar-refractivity contribution in [3.05, 3.63) is 48.0 Å². The first-order valence-electron chi connectivity index (χ1n) is 7.61. The van der Waals surface area contributed by atoms with Gasteiger partial charge in [-0.15, -0.1) is 0 Å². The van der Waals surface area contributed by atoms with E-state index in [2.05, 4.69) is 0 Å². The molecule has 2 aromatic carbocycles. The molecule has 24 heavy (non-hydrogen) atoms. The van der Waals surface area contributed by atoms with Crippen LogP contribution >= 0.6 is 12.2 Å². The van der Waals surface area contributed by atoms with Crippen molar-refractivity contribution in [1.29, 1.82) is 0 Å². The molecule has 2 rings (SSSR count). The molecule has 2 N–H and O–H groups in total. The minimum Gasteiger partial charge on any atom is -0.493 e. The SMILES string of the molecule is CCOc1ccccc1OCCOc1ccc(C(N)=S)cc1OC. The molecule has 5 nitrogen and oxygen atoms in total. The van der Waals surface area contributed by atoms with Crippen molar-refractivity contribution in [2.24, 2.45) is 5.73 Å². The van der Waals surface area contributed by atoms with Crippen LogP contribution in [0.3, 0.4) is 0 Å². The van der Waals surface area contributed by atoms with Gasteiger partial charge in [-0.05, 0) is 37.3 Å². The second kappa shape index (κ2) is 8.98. The third kappa shape index (κ3) is 4.76. The van der Waals surface area contributed by atoms with Gasteiger partial charge in [0.2, 0.25) is 0 Å². The zero-order valence-electron chi connectivity index (χ0n) is 13.8. The quantitative estimate of drug-likeness (QED) is 0.555. The van der Waals surface area contributed by atoms with E-state index in [1.54, 1.807) is 25.3 Å². The van der Waals surface area contributed by atoms with Crippen LogP contribution in [0.15, 0.2) is 42.5 Å². The van der Waals surface area contributed by atoms with E-state index >= 15 is 0 Å². The number of hydrogen-bond donors (Lipinski definition) is 1. The summed E-state index contributed by atoms with van der Waals surface area (Å²) in [4.78, 5) is 0.315. The van der Waals surface area contributed by atoms with Gasteiger partial charge in [0.25, 0.3) is 0 Å². The largest absolute Gasteiger partial charge is 0.493 e. The third-order valence-electron chi connectivity index (χ3n) is 3.20. The van der Waals surface area contributed by atoms with Crippen LogP contribution in [0.25, 0.3) is 0 Å². The first-order valence-corrected chi connectivity index (χ1v) is 8.01. The summed E-state index contributed by atoms with van der Waals surface area (Å²) in [6, 6.07) is 12.9. The third-order valence-corrected chi connectivity index (χ3v) is 3.43. The summed E-state index contributed by atoms with van der Waals surface area (Å²) in [5, 5.41) is 0. The number of benzene rings is 2. The Morgan fingerprint density at radius 1 is 0.917 bits per heavy atom. The van der Waals surface area contributed by atoms with E-state index in [0.717, 1.165) is 11.3 Å². The van der Waals surface area contributed by atoms with E-state index in [-0.39, 0.29) is 0 Å². The van der Waals surface area contributed by atoms with Gasteiger partial charge in [-0.2, -0.15) is 0 Å². The lowest BCUT2D eigenvalue weighted by Gasteiger charge is -2.14. The fourth-order valence-electron chi connectivity index (χ4n) is 2.09. The molecule has 0 saturated carbocycles. The number of ether oxygens (including phenoxy) is 4. The molecule has 0 fully saturated rings. The van der Waals surface area contributed by atoms with E-state index in [1.807, 2.05) is 31.2 Å². The van der Waals surface area contributed by atoms with Crippen molar-refractivity contribution in [2.45, 2.75) is 6.92 Å². The number of nitrogens with two attached hydrogens (primary N) is 1. The van der Waals surface area contributed by atoms with Crippen LogP contribution in [0.4, 0.5) is 0 Å². The van der Waals surface area contributed by atoms with Gasteiger partial charge < -0.3 is 24.7 Å². The molecular formula is C18H21NO4S. The Balaban J connectivity index is 1.92. The normalized spacial score (nSPS) is 10.1. The van der Waals surface area contributed by atoms with Gasteiger partial charge in [0.1, 0.15) is 18.2 Å². The Bertz CT molecular complexity index is 690. The molecular weight excluding hydrogens is 326 g/mol. The Kier molecular flexibility index (Phi) is 6.69. The van der Waals surface area contributed by atoms with Gasteiger partial charge in [-0.1, -0.05) is 24.4 Å². The van der Waals surface area contributed by atoms with Gasteiger partial charge >= 0.3 is 0 Å². The fraction of sp³-hybridized carbons (Fsp3) is 0.278. The highest BCUT2D eigenvalue weighted by atomic mass is 32.1. The highest BCUT2D eigenvalue weighted by molar-refractivity contribution is 7.80. The molecule has 0 aliphatic rings. The standard InChI is InChI=1S/C18H21NO4S/c1-3-21-14-6-4-5-7-15(14)22-10-11-23-16-9-8-13(18(19)24)12-17(16)20-2/h4-9,12H,3,10-11H2,1-2H3,(H2,19,24). The van der Waals surface area contributed by atoms with Crippen molar-refractivity contribution in [2.75, 3.05) is 26.9 Å². The molecule has 0 radical (unpaired) electrons. The monoisotopic (exact) mass is 347 g/mol. The smallest absolute Gasteiger partial charge is 0.161 e. The van der Waals surface area contributed by atoms with Crippen LogP contribution in [0, 0.1) is 0 Å². The van der Waals surface area contributed by atoms with Crippen LogP contribution in [-0.4, -0.2) is 31.9 Å². The summed E-state index contributed by atoms with van der Waals surface area (Å²) in [5.74, 6) is 2.60. The highest BCUT2D eigenvalue weighted by Crippen LogP contribution is 2.29. The highest BCUT2D eigenvalue weighted by Gasteiger charge is 2.08. The topological polar surface area (TPSA) is 62.9 Å². The Morgan fingerprint density at radius 3 is 2.04 bits per heavy atom. The number of methoxy groups -OCH3 is 1. The maximum atomic E-state index is 5.72. The second-order valence-corrected chi connectivity index (χ2v) is 5.25. The molecule has 0 spiro atoms. The molecule has 0 heterocycles. The summed E-state index contributed by atoms with van der Waals surface area (Å²) in [6.45, 7) is 3.26. The predicted octanol–water partition coefficient (Wildman–Crippen LogP) is 3.19. The molecule has 2 aromatic rings. The van der Waals surface area contributed by atoms with Crippen LogP contribution < -0.4 is 24.7 Å². The minimum absolute atomic E-state index is 0.315. The van der Waals surface area contributed by atoms with Crippen molar-refractivity contribution in [1.82, 2.24) is 0 Å². The van der Waals surface area contributed by atoms with Crippen molar-refractivity contribution in [3.8, 4) is 23.0 Å². The van der Waals surface area contributed by atoms with E-state index in [4.69, 9.17) is 36.9 Å². The average Bonchev–Trinajstić information content (AvgIpc) is 2.60. The summed E-state index contributed by atoms with van der Waals surface area (Å²) in [6.07, 6.45) is 0. The fourth-order valence-corrected chi connectivity index (χ4v) is 2.21. The summed E-state index contributed by atoms with van der Waals surface area (Å²) >= 11 is 4.96. The zero-order chi connectivity index (χ0) is 17.4. The molecule has 0 saturated heterocycles. The lowest BCUT2D eigenvalue weighted by atomic mass is 10.2. The number of thiocarbonyl (C=S) groups is 1. The second-order valence-electron chi connectivity index (χ2n) is 4.81. The number of hydrogen-bond acceptors (Lipinski definition) is 5. The van der Waals surface area contributed by atoms with Gasteiger partial charge in [0.05, 0.1) is 13.7 Å². The first-order chi connectivity index (χ1) is 11.7. The van der Waals surface area contributed by atoms with Gasteiger partial charge in [0, 0.05) is 5.56 Å². The minimum atomic E-state index is 0.315. The predicted molar refractivity (Wildman–Crippen MR) is 97.5 cm³/mol. The lowest BCUT2D eigenvalue weighted by molar-refractivity contribution is 0.203. The molecule has 0 atom stereocenters. The van der Waals surface area contributed by atoms with Crippen LogP contribution in [0.2, 0.25) is 0 Å². The van der Waals surface area contributed by atoms with E-state index in [0.29, 0.717) is 42.1 Å². The van der Waals surface area contributed by atoms with Crippen molar-refractivity contribution >= 4 is 17.2 Å². The van der Waals surface area contributed by atoms with E-state index in [9.17, 15) is 0 Å². The molecule has 6 heteroatoms. The van der Waals surface area contributed by atoms with E-state index < -0.39 is 0 Å². The number of rotatable bonds is 9. The molecule has 128 valence electrons.